The minimum Gasteiger partial charge on any atom is -0.446 e. The molecule has 0 heterocycles. The van der Waals surface area contributed by atoms with Crippen LogP contribution in [0.3, 0.4) is 0 Å². The Labute approximate surface area is 104 Å². The summed E-state index contributed by atoms with van der Waals surface area (Å²) in [5.41, 5.74) is 1.47. The molecule has 0 aliphatic carbocycles. The van der Waals surface area contributed by atoms with Crippen molar-refractivity contribution < 1.29 is 17.9 Å². The monoisotopic (exact) mass is 306 g/mol. The molecule has 0 spiro atoms. The predicted molar refractivity (Wildman–Crippen MR) is 63.9 cm³/mol. The van der Waals surface area contributed by atoms with Gasteiger partial charge in [-0.25, -0.2) is 8.42 Å². The highest BCUT2D eigenvalue weighted by atomic mass is 79.9. The molecule has 6 heteroatoms. The summed E-state index contributed by atoms with van der Waals surface area (Å²) in [7, 11) is -2.41. The lowest BCUT2D eigenvalue weighted by atomic mass is 10.2. The van der Waals surface area contributed by atoms with Gasteiger partial charge in [-0.15, -0.1) is 0 Å². The van der Waals surface area contributed by atoms with Gasteiger partial charge in [0.1, 0.15) is 10.7 Å². The summed E-state index contributed by atoms with van der Waals surface area (Å²) in [4.78, 5) is 10.7. The number of ether oxygens (including phenoxy) is 1. The van der Waals surface area contributed by atoms with E-state index in [1.807, 2.05) is 0 Å². The van der Waals surface area contributed by atoms with Gasteiger partial charge in [0.2, 0.25) is 0 Å². The van der Waals surface area contributed by atoms with Crippen molar-refractivity contribution in [2.24, 2.45) is 0 Å². The number of carbonyl (C=O) groups excluding carboxylic acids is 1. The van der Waals surface area contributed by atoms with Gasteiger partial charge in [-0.1, -0.05) is 24.3 Å². The number of hydrogen-bond donors (Lipinski definition) is 1. The first-order chi connectivity index (χ1) is 7.49. The van der Waals surface area contributed by atoms with Crippen LogP contribution in [0.5, 0.6) is 0 Å². The Balaban J connectivity index is 2.74. The van der Waals surface area contributed by atoms with Gasteiger partial charge < -0.3 is 4.74 Å². The van der Waals surface area contributed by atoms with E-state index in [4.69, 9.17) is 4.74 Å². The number of rotatable bonds is 4. The Kier molecular flexibility index (Phi) is 4.95. The molecule has 1 aromatic carbocycles. The zero-order valence-corrected chi connectivity index (χ0v) is 11.0. The average molecular weight is 307 g/mol. The van der Waals surface area contributed by atoms with Crippen molar-refractivity contribution in [1.82, 2.24) is 0 Å². The molecule has 4 nitrogen and oxygen atoms in total. The summed E-state index contributed by atoms with van der Waals surface area (Å²) in [6, 6.07) is 6.82. The molecule has 88 valence electrons. The summed E-state index contributed by atoms with van der Waals surface area (Å²) in [5, 5.41) is -0.500. The maximum atomic E-state index is 10.7. The molecule has 0 saturated carbocycles. The highest BCUT2D eigenvalue weighted by molar-refractivity contribution is 9.09. The Hall–Kier alpha value is -0.880. The SMILES string of the molecule is CC(=O)OC(Br)c1ccc(C[SH](=O)=O)cc1. The van der Waals surface area contributed by atoms with Crippen LogP contribution in [0.15, 0.2) is 24.3 Å². The molecular formula is C10H11BrO4S. The zero-order chi connectivity index (χ0) is 12.1. The van der Waals surface area contributed by atoms with Crippen molar-refractivity contribution in [1.29, 1.82) is 0 Å². The first-order valence-electron chi connectivity index (χ1n) is 4.51. The van der Waals surface area contributed by atoms with Gasteiger partial charge in [-0.2, -0.15) is 0 Å². The normalized spacial score (nSPS) is 12.4. The second-order valence-corrected chi connectivity index (χ2v) is 4.97. The van der Waals surface area contributed by atoms with Crippen LogP contribution in [0, 0.1) is 0 Å². The molecule has 1 atom stereocenters. The fourth-order valence-corrected chi connectivity index (χ4v) is 2.21. The molecule has 0 aromatic heterocycles. The standard InChI is InChI=1S/C10H11BrO4S/c1-7(12)15-10(11)9-4-2-8(3-5-9)6-16(13)14/h2-5,10,16H,6H2,1H3. The second-order valence-electron chi connectivity index (χ2n) is 3.16. The van der Waals surface area contributed by atoms with Crippen LogP contribution >= 0.6 is 15.9 Å². The highest BCUT2D eigenvalue weighted by Crippen LogP contribution is 2.24. The Morgan fingerprint density at radius 3 is 2.38 bits per heavy atom. The van der Waals surface area contributed by atoms with E-state index in [0.717, 1.165) is 5.56 Å². The van der Waals surface area contributed by atoms with E-state index in [0.29, 0.717) is 5.56 Å². The Morgan fingerprint density at radius 2 is 1.94 bits per heavy atom. The van der Waals surface area contributed by atoms with Gasteiger partial charge in [-0.3, -0.25) is 4.79 Å². The molecule has 1 unspecified atom stereocenters. The van der Waals surface area contributed by atoms with Gasteiger partial charge in [0, 0.05) is 12.5 Å². The molecule has 0 aliphatic heterocycles. The van der Waals surface area contributed by atoms with E-state index in [1.165, 1.54) is 6.92 Å². The molecule has 0 N–H and O–H groups in total. The van der Waals surface area contributed by atoms with E-state index in [1.54, 1.807) is 24.3 Å². The van der Waals surface area contributed by atoms with Crippen molar-refractivity contribution >= 4 is 32.6 Å². The number of carbonyl (C=O) groups is 1. The molecule has 0 fully saturated rings. The third-order valence-electron chi connectivity index (χ3n) is 1.82. The van der Waals surface area contributed by atoms with Crippen molar-refractivity contribution in [3.8, 4) is 0 Å². The van der Waals surface area contributed by atoms with Crippen LogP contribution in [0.25, 0.3) is 0 Å². The number of hydrogen-bond acceptors (Lipinski definition) is 4. The van der Waals surface area contributed by atoms with Crippen molar-refractivity contribution in [3.63, 3.8) is 0 Å². The summed E-state index contributed by atoms with van der Waals surface area (Å²) in [6.45, 7) is 1.32. The lowest BCUT2D eigenvalue weighted by molar-refractivity contribution is -0.142. The van der Waals surface area contributed by atoms with Crippen LogP contribution in [0.2, 0.25) is 0 Å². The van der Waals surface area contributed by atoms with Crippen LogP contribution in [0.1, 0.15) is 23.1 Å². The molecule has 1 aromatic rings. The van der Waals surface area contributed by atoms with E-state index in [2.05, 4.69) is 15.9 Å². The largest absolute Gasteiger partial charge is 0.446 e. The summed E-state index contributed by atoms with van der Waals surface area (Å²) < 4.78 is 25.9. The topological polar surface area (TPSA) is 60.4 Å². The second kappa shape index (κ2) is 6.00. The number of benzene rings is 1. The van der Waals surface area contributed by atoms with Crippen LogP contribution in [-0.2, 0) is 26.0 Å². The molecule has 16 heavy (non-hydrogen) atoms. The minimum atomic E-state index is -2.41. The molecule has 0 radical (unpaired) electrons. The maximum Gasteiger partial charge on any atom is 0.304 e. The van der Waals surface area contributed by atoms with Crippen molar-refractivity contribution in [3.05, 3.63) is 35.4 Å². The fraction of sp³-hybridized carbons (Fsp3) is 0.300. The molecule has 0 amide bonds. The van der Waals surface area contributed by atoms with E-state index < -0.39 is 15.7 Å². The van der Waals surface area contributed by atoms with Crippen molar-refractivity contribution in [2.75, 3.05) is 0 Å². The van der Waals surface area contributed by atoms with Crippen LogP contribution in [-0.4, -0.2) is 14.4 Å². The average Bonchev–Trinajstić information content (AvgIpc) is 2.16. The first-order valence-corrected chi connectivity index (χ1v) is 6.79. The van der Waals surface area contributed by atoms with Gasteiger partial charge in [0.25, 0.3) is 0 Å². The lowest BCUT2D eigenvalue weighted by Crippen LogP contribution is -2.02. The Bertz CT molecular complexity index is 431. The molecule has 1 rings (SSSR count). The molecule has 0 saturated heterocycles. The summed E-state index contributed by atoms with van der Waals surface area (Å²) in [6.07, 6.45) is 0. The van der Waals surface area contributed by atoms with Crippen LogP contribution in [0.4, 0.5) is 0 Å². The smallest absolute Gasteiger partial charge is 0.304 e. The number of alkyl halides is 1. The van der Waals surface area contributed by atoms with E-state index in [-0.39, 0.29) is 11.7 Å². The Morgan fingerprint density at radius 1 is 1.38 bits per heavy atom. The zero-order valence-electron chi connectivity index (χ0n) is 8.55. The summed E-state index contributed by atoms with van der Waals surface area (Å²) >= 11 is 3.20. The maximum absolute atomic E-state index is 10.7. The number of esters is 1. The van der Waals surface area contributed by atoms with E-state index >= 15 is 0 Å². The minimum absolute atomic E-state index is 0.0239. The molecular weight excluding hydrogens is 296 g/mol. The van der Waals surface area contributed by atoms with Crippen LogP contribution < -0.4 is 0 Å². The third-order valence-corrected chi connectivity index (χ3v) is 3.16. The lowest BCUT2D eigenvalue weighted by Gasteiger charge is -2.10. The van der Waals surface area contributed by atoms with Gasteiger partial charge in [-0.05, 0) is 21.5 Å². The predicted octanol–water partition coefficient (Wildman–Crippen LogP) is 1.75. The van der Waals surface area contributed by atoms with Gasteiger partial charge in [0.15, 0.2) is 5.01 Å². The fourth-order valence-electron chi connectivity index (χ4n) is 1.14. The highest BCUT2D eigenvalue weighted by Gasteiger charge is 2.09. The number of halogens is 1. The third kappa shape index (κ3) is 4.32. The van der Waals surface area contributed by atoms with Crippen molar-refractivity contribution in [2.45, 2.75) is 17.7 Å². The first kappa shape index (κ1) is 13.2. The summed E-state index contributed by atoms with van der Waals surface area (Å²) in [5.74, 6) is -0.357. The molecule has 0 aliphatic rings. The molecule has 0 bridgehead atoms. The van der Waals surface area contributed by atoms with Gasteiger partial charge in [0.05, 0.1) is 5.75 Å². The number of thiol groups is 1. The van der Waals surface area contributed by atoms with E-state index in [9.17, 15) is 13.2 Å². The van der Waals surface area contributed by atoms with Gasteiger partial charge >= 0.3 is 5.97 Å². The quantitative estimate of drug-likeness (QED) is 0.523.